The molecule has 0 heterocycles. The van der Waals surface area contributed by atoms with Crippen LogP contribution >= 0.6 is 0 Å². The van der Waals surface area contributed by atoms with Crippen molar-refractivity contribution in [2.24, 2.45) is 0 Å². The molecule has 14 rings (SSSR count). The Morgan fingerprint density at radius 1 is 0.278 bits per heavy atom. The van der Waals surface area contributed by atoms with Gasteiger partial charge in [-0.1, -0.05) is 184 Å². The van der Waals surface area contributed by atoms with E-state index in [9.17, 15) is 0 Å². The predicted molar refractivity (Wildman–Crippen MR) is 224 cm³/mol. The molecule has 8 aromatic rings. The van der Waals surface area contributed by atoms with Crippen LogP contribution < -0.4 is 0 Å². The third kappa shape index (κ3) is 4.20. The summed E-state index contributed by atoms with van der Waals surface area (Å²) in [6, 6.07) is 73.4. The molecule has 54 heavy (non-hydrogen) atoms. The summed E-state index contributed by atoms with van der Waals surface area (Å²) < 4.78 is 0. The van der Waals surface area contributed by atoms with Crippen LogP contribution in [-0.4, -0.2) is 0 Å². The Kier molecular flexibility index (Phi) is 6.74. The second kappa shape index (κ2) is 11.6. The maximum Gasteiger partial charge on any atom is 0.0290 e. The molecule has 8 aromatic carbocycles. The minimum Gasteiger partial charge on any atom is -0.0622 e. The van der Waals surface area contributed by atoms with Gasteiger partial charge in [0, 0.05) is 22.7 Å². The molecular weight excluding hydrogens is 649 g/mol. The van der Waals surface area contributed by atoms with E-state index in [1.165, 1.54) is 89.0 Å². The Bertz CT molecular complexity index is 2350. The third-order valence-electron chi connectivity index (χ3n) is 13.3. The Balaban J connectivity index is 1.33. The van der Waals surface area contributed by atoms with Crippen LogP contribution in [0.4, 0.5) is 0 Å². The lowest BCUT2D eigenvalue weighted by Gasteiger charge is -2.59. The number of hydrogen-bond acceptors (Lipinski definition) is 0. The molecule has 0 aromatic heterocycles. The van der Waals surface area contributed by atoms with Crippen LogP contribution in [0.5, 0.6) is 0 Å². The molecule has 0 heteroatoms. The lowest BCUT2D eigenvalue weighted by molar-refractivity contribution is 0.361. The molecule has 0 N–H and O–H groups in total. The highest BCUT2D eigenvalue weighted by Gasteiger charge is 2.60. The summed E-state index contributed by atoms with van der Waals surface area (Å²) in [5.74, 6) is 0.149. The van der Waals surface area contributed by atoms with Crippen LogP contribution in [0, 0.1) is 0 Å². The van der Waals surface area contributed by atoms with E-state index in [1.54, 1.807) is 0 Å². The molecule has 0 nitrogen and oxygen atoms in total. The quantitative estimate of drug-likeness (QED) is 0.173. The van der Waals surface area contributed by atoms with Crippen molar-refractivity contribution in [3.05, 3.63) is 239 Å². The lowest BCUT2D eigenvalue weighted by atomic mass is 9.43. The molecule has 6 aliphatic rings. The first-order valence-electron chi connectivity index (χ1n) is 19.3. The minimum atomic E-state index is -0.327. The van der Waals surface area contributed by atoms with Crippen molar-refractivity contribution < 1.29 is 0 Å². The topological polar surface area (TPSA) is 0 Å². The average molecular weight is 689 g/mol. The summed E-state index contributed by atoms with van der Waals surface area (Å²) in [6.45, 7) is 5.10. The molecule has 0 spiro atoms. The summed E-state index contributed by atoms with van der Waals surface area (Å²) in [4.78, 5) is 0. The fourth-order valence-corrected chi connectivity index (χ4v) is 11.0. The molecule has 0 fully saturated rings. The normalized spacial score (nSPS) is 21.3. The van der Waals surface area contributed by atoms with E-state index in [4.69, 9.17) is 0 Å². The van der Waals surface area contributed by atoms with Gasteiger partial charge < -0.3 is 0 Å². The van der Waals surface area contributed by atoms with Crippen molar-refractivity contribution in [1.82, 2.24) is 0 Å². The summed E-state index contributed by atoms with van der Waals surface area (Å²) >= 11 is 0. The number of rotatable bonds is 4. The van der Waals surface area contributed by atoms with E-state index >= 15 is 0 Å². The van der Waals surface area contributed by atoms with E-state index in [1.807, 2.05) is 0 Å². The van der Waals surface area contributed by atoms with E-state index < -0.39 is 0 Å². The zero-order valence-corrected chi connectivity index (χ0v) is 30.6. The van der Waals surface area contributed by atoms with Gasteiger partial charge in [0.1, 0.15) is 0 Å². The summed E-state index contributed by atoms with van der Waals surface area (Å²) in [5.41, 5.74) is 21.2. The van der Waals surface area contributed by atoms with Gasteiger partial charge >= 0.3 is 0 Å². The monoisotopic (exact) mass is 688 g/mol. The Morgan fingerprint density at radius 3 is 0.704 bits per heavy atom. The Morgan fingerprint density at radius 2 is 0.481 bits per heavy atom. The predicted octanol–water partition coefficient (Wildman–Crippen LogP) is 13.6. The van der Waals surface area contributed by atoms with Crippen LogP contribution in [0.2, 0.25) is 0 Å². The second-order valence-electron chi connectivity index (χ2n) is 15.9. The molecule has 256 valence electrons. The molecule has 0 saturated heterocycles. The molecule has 0 saturated carbocycles. The van der Waals surface area contributed by atoms with E-state index in [0.29, 0.717) is 0 Å². The van der Waals surface area contributed by atoms with Gasteiger partial charge in [-0.25, -0.2) is 0 Å². The van der Waals surface area contributed by atoms with Crippen molar-refractivity contribution >= 4 is 0 Å². The third-order valence-corrected chi connectivity index (χ3v) is 13.3. The average Bonchev–Trinajstić information content (AvgIpc) is 3.24. The zero-order valence-electron chi connectivity index (χ0n) is 30.6. The van der Waals surface area contributed by atoms with E-state index in [0.717, 1.165) is 0 Å². The summed E-state index contributed by atoms with van der Waals surface area (Å²) in [5, 5.41) is 0. The van der Waals surface area contributed by atoms with Crippen LogP contribution in [0.3, 0.4) is 0 Å². The molecule has 0 aliphatic heterocycles. The first kappa shape index (κ1) is 31.3. The molecule has 0 amide bonds. The standard InChI is InChI=1S/C54H40/c1-53-47-27-15-17-29-49(47)54(2,50-30-18-16-28-48(50)53)52-45-33-41(37-23-11-5-12-24-37)39(35-19-7-3-8-20-35)31-43(45)51(53)44-32-40(36-21-9-4-10-22-36)42(34-46(44)52)38-25-13-6-14-26-38/h3-34,51-52H,1-2H3. The number of benzene rings is 8. The maximum absolute atomic E-state index is 2.60. The van der Waals surface area contributed by atoms with Crippen LogP contribution in [0.1, 0.15) is 70.2 Å². The number of hydrogen-bond donors (Lipinski definition) is 0. The van der Waals surface area contributed by atoms with Gasteiger partial charge in [0.15, 0.2) is 0 Å². The minimum absolute atomic E-state index is 0.0745. The van der Waals surface area contributed by atoms with Crippen molar-refractivity contribution in [1.29, 1.82) is 0 Å². The molecule has 4 bridgehead atoms. The Hall–Kier alpha value is -6.24. The van der Waals surface area contributed by atoms with Crippen molar-refractivity contribution in [3.8, 4) is 44.5 Å². The van der Waals surface area contributed by atoms with Crippen molar-refractivity contribution in [3.63, 3.8) is 0 Å². The smallest absolute Gasteiger partial charge is 0.0290 e. The fourth-order valence-electron chi connectivity index (χ4n) is 11.0. The molecule has 0 radical (unpaired) electrons. The summed E-state index contributed by atoms with van der Waals surface area (Å²) in [6.07, 6.45) is 0. The Labute approximate surface area is 318 Å². The summed E-state index contributed by atoms with van der Waals surface area (Å²) in [7, 11) is 0. The first-order valence-corrected chi connectivity index (χ1v) is 19.3. The molecular formula is C54H40. The first-order chi connectivity index (χ1) is 26.6. The maximum atomic E-state index is 2.60. The second-order valence-corrected chi connectivity index (χ2v) is 15.9. The van der Waals surface area contributed by atoms with Crippen LogP contribution in [0.25, 0.3) is 44.5 Å². The van der Waals surface area contributed by atoms with Crippen molar-refractivity contribution in [2.45, 2.75) is 36.5 Å². The molecule has 0 atom stereocenters. The lowest BCUT2D eigenvalue weighted by Crippen LogP contribution is -2.51. The van der Waals surface area contributed by atoms with Crippen molar-refractivity contribution in [2.75, 3.05) is 0 Å². The molecule has 6 aliphatic carbocycles. The fraction of sp³-hybridized carbons (Fsp3) is 0.111. The highest BCUT2D eigenvalue weighted by molar-refractivity contribution is 5.90. The van der Waals surface area contributed by atoms with Gasteiger partial charge in [-0.05, 0) is 113 Å². The van der Waals surface area contributed by atoms with E-state index in [2.05, 4.69) is 208 Å². The van der Waals surface area contributed by atoms with Gasteiger partial charge in [-0.2, -0.15) is 0 Å². The van der Waals surface area contributed by atoms with Gasteiger partial charge in [0.2, 0.25) is 0 Å². The largest absolute Gasteiger partial charge is 0.0622 e. The van der Waals surface area contributed by atoms with Crippen LogP contribution in [0.15, 0.2) is 194 Å². The van der Waals surface area contributed by atoms with E-state index in [-0.39, 0.29) is 22.7 Å². The van der Waals surface area contributed by atoms with Gasteiger partial charge in [-0.15, -0.1) is 0 Å². The van der Waals surface area contributed by atoms with Gasteiger partial charge in [0.05, 0.1) is 0 Å². The van der Waals surface area contributed by atoms with Crippen LogP contribution in [-0.2, 0) is 10.8 Å². The van der Waals surface area contributed by atoms with Gasteiger partial charge in [-0.3, -0.25) is 0 Å². The highest BCUT2D eigenvalue weighted by Crippen LogP contribution is 2.69. The SMILES string of the molecule is CC12c3ccccc3C(C)(c3ccccc31)C1c3cc(-c4ccccc4)c(-c4ccccc4)cc3C2c2cc(-c3ccccc3)c(-c3ccccc3)cc21. The zero-order chi connectivity index (χ0) is 36.0. The highest BCUT2D eigenvalue weighted by atomic mass is 14.6. The van der Waals surface area contributed by atoms with Gasteiger partial charge in [0.25, 0.3) is 0 Å². The molecule has 0 unspecified atom stereocenters.